The van der Waals surface area contributed by atoms with Crippen LogP contribution in [-0.4, -0.2) is 80.2 Å². The summed E-state index contributed by atoms with van der Waals surface area (Å²) in [5, 5.41) is 9.16. The third-order valence-electron chi connectivity index (χ3n) is 5.61. The number of rotatable bonds is 10. The topological polar surface area (TPSA) is 155 Å². The summed E-state index contributed by atoms with van der Waals surface area (Å²) in [6.07, 6.45) is 5.70. The molecule has 15 heteroatoms. The van der Waals surface area contributed by atoms with Gasteiger partial charge in [0, 0.05) is 31.3 Å². The number of carbonyl (C=O) groups is 1. The average molecular weight is 631 g/mol. The van der Waals surface area contributed by atoms with Crippen LogP contribution in [0.3, 0.4) is 0 Å². The molecule has 4 aromatic rings. The molecule has 13 nitrogen and oxygen atoms in total. The van der Waals surface area contributed by atoms with E-state index in [1.54, 1.807) is 41.4 Å². The van der Waals surface area contributed by atoms with Gasteiger partial charge in [0.1, 0.15) is 22.8 Å². The number of amides is 1. The zero-order valence-electron chi connectivity index (χ0n) is 22.4. The second-order valence-electron chi connectivity index (χ2n) is 8.96. The SMILES string of the molecule is COc1ccc(NC(=O)CN(C)C)cc1Nc1ncc(Br)c(Nc2ccc3nccnc3c2N(C)S(C)(=O)=O)n1. The van der Waals surface area contributed by atoms with Gasteiger partial charge in [-0.05, 0) is 60.4 Å². The van der Waals surface area contributed by atoms with Gasteiger partial charge in [-0.1, -0.05) is 0 Å². The molecule has 0 atom stereocenters. The molecule has 0 aliphatic carbocycles. The summed E-state index contributed by atoms with van der Waals surface area (Å²) in [5.74, 6) is 0.928. The Balaban J connectivity index is 1.68. The monoisotopic (exact) mass is 629 g/mol. The molecule has 0 bridgehead atoms. The summed E-state index contributed by atoms with van der Waals surface area (Å²) < 4.78 is 32.1. The molecule has 2 aromatic carbocycles. The van der Waals surface area contributed by atoms with Gasteiger partial charge in [0.05, 0.1) is 41.3 Å². The number of halogens is 1. The number of methoxy groups -OCH3 is 1. The Hall–Kier alpha value is -4.08. The van der Waals surface area contributed by atoms with Gasteiger partial charge in [-0.15, -0.1) is 0 Å². The van der Waals surface area contributed by atoms with E-state index in [1.165, 1.54) is 26.6 Å². The van der Waals surface area contributed by atoms with Crippen LogP contribution in [-0.2, 0) is 14.8 Å². The minimum absolute atomic E-state index is 0.164. The van der Waals surface area contributed by atoms with Crippen molar-refractivity contribution in [1.82, 2.24) is 24.8 Å². The van der Waals surface area contributed by atoms with Crippen LogP contribution in [0, 0.1) is 0 Å². The fourth-order valence-corrected chi connectivity index (χ4v) is 4.55. The molecule has 210 valence electrons. The van der Waals surface area contributed by atoms with E-state index in [9.17, 15) is 13.2 Å². The molecule has 40 heavy (non-hydrogen) atoms. The van der Waals surface area contributed by atoms with Gasteiger partial charge in [0.2, 0.25) is 21.9 Å². The fraction of sp³-hybridized carbons (Fsp3) is 0.240. The lowest BCUT2D eigenvalue weighted by atomic mass is 10.2. The van der Waals surface area contributed by atoms with Crippen LogP contribution in [0.15, 0.2) is 53.4 Å². The molecule has 2 aromatic heterocycles. The molecule has 0 radical (unpaired) electrons. The Kier molecular flexibility index (Phi) is 8.66. The van der Waals surface area contributed by atoms with E-state index in [2.05, 4.69) is 51.8 Å². The number of likely N-dealkylation sites (N-methyl/N-ethyl adjacent to an activating group) is 1. The first-order valence-corrected chi connectivity index (χ1v) is 14.5. The van der Waals surface area contributed by atoms with Crippen LogP contribution < -0.4 is 25.0 Å². The maximum Gasteiger partial charge on any atom is 0.238 e. The smallest absolute Gasteiger partial charge is 0.238 e. The van der Waals surface area contributed by atoms with Crippen LogP contribution >= 0.6 is 15.9 Å². The second kappa shape index (κ2) is 12.0. The lowest BCUT2D eigenvalue weighted by Crippen LogP contribution is -2.27. The van der Waals surface area contributed by atoms with E-state index in [4.69, 9.17) is 4.74 Å². The first-order valence-electron chi connectivity index (χ1n) is 11.8. The number of hydrogen-bond donors (Lipinski definition) is 3. The van der Waals surface area contributed by atoms with Crippen molar-refractivity contribution in [2.24, 2.45) is 0 Å². The number of hydrogen-bond acceptors (Lipinski definition) is 11. The maximum absolute atomic E-state index is 12.5. The predicted molar refractivity (Wildman–Crippen MR) is 159 cm³/mol. The molecular formula is C25H28BrN9O4S. The molecular weight excluding hydrogens is 602 g/mol. The summed E-state index contributed by atoms with van der Waals surface area (Å²) in [6.45, 7) is 0.233. The highest BCUT2D eigenvalue weighted by atomic mass is 79.9. The van der Waals surface area contributed by atoms with Crippen molar-refractivity contribution in [2.75, 3.05) is 61.3 Å². The van der Waals surface area contributed by atoms with Crippen molar-refractivity contribution in [3.8, 4) is 5.75 Å². The number of sulfonamides is 1. The number of anilines is 6. The summed E-state index contributed by atoms with van der Waals surface area (Å²) >= 11 is 3.46. The number of benzene rings is 2. The minimum Gasteiger partial charge on any atom is -0.495 e. The highest BCUT2D eigenvalue weighted by Crippen LogP contribution is 2.37. The van der Waals surface area contributed by atoms with Gasteiger partial charge >= 0.3 is 0 Å². The van der Waals surface area contributed by atoms with E-state index in [0.29, 0.717) is 49.8 Å². The molecule has 0 aliphatic heterocycles. The average Bonchev–Trinajstić information content (AvgIpc) is 2.89. The van der Waals surface area contributed by atoms with Crippen LogP contribution in [0.4, 0.5) is 34.5 Å². The maximum atomic E-state index is 12.5. The van der Waals surface area contributed by atoms with Crippen LogP contribution in [0.2, 0.25) is 0 Å². The van der Waals surface area contributed by atoms with Gasteiger partial charge in [0.25, 0.3) is 0 Å². The molecule has 0 saturated carbocycles. The Bertz CT molecular complexity index is 1670. The summed E-state index contributed by atoms with van der Waals surface area (Å²) in [4.78, 5) is 31.6. The van der Waals surface area contributed by atoms with Gasteiger partial charge in [-0.3, -0.25) is 19.1 Å². The largest absolute Gasteiger partial charge is 0.495 e. The van der Waals surface area contributed by atoms with Crippen LogP contribution in [0.5, 0.6) is 5.75 Å². The van der Waals surface area contributed by atoms with E-state index < -0.39 is 10.0 Å². The van der Waals surface area contributed by atoms with Crippen molar-refractivity contribution < 1.29 is 17.9 Å². The van der Waals surface area contributed by atoms with E-state index in [1.807, 2.05) is 14.1 Å². The van der Waals surface area contributed by atoms with Crippen molar-refractivity contribution in [1.29, 1.82) is 0 Å². The third-order valence-corrected chi connectivity index (χ3v) is 7.37. The molecule has 0 fully saturated rings. The Morgan fingerprint density at radius 1 is 1.02 bits per heavy atom. The lowest BCUT2D eigenvalue weighted by molar-refractivity contribution is -0.116. The van der Waals surface area contributed by atoms with Crippen LogP contribution in [0.1, 0.15) is 0 Å². The zero-order chi connectivity index (χ0) is 29.0. The highest BCUT2D eigenvalue weighted by molar-refractivity contribution is 9.10. The van der Waals surface area contributed by atoms with Crippen LogP contribution in [0.25, 0.3) is 11.0 Å². The van der Waals surface area contributed by atoms with Crippen molar-refractivity contribution >= 4 is 77.4 Å². The number of carbonyl (C=O) groups excluding carboxylic acids is 1. The number of nitrogens with zero attached hydrogens (tertiary/aromatic N) is 6. The fourth-order valence-electron chi connectivity index (χ4n) is 3.74. The summed E-state index contributed by atoms with van der Waals surface area (Å²) in [7, 11) is 2.97. The molecule has 0 unspecified atom stereocenters. The Labute approximate surface area is 240 Å². The predicted octanol–water partition coefficient (Wildman–Crippen LogP) is 3.57. The van der Waals surface area contributed by atoms with Gasteiger partial charge < -0.3 is 25.6 Å². The molecule has 3 N–H and O–H groups in total. The van der Waals surface area contributed by atoms with E-state index in [-0.39, 0.29) is 18.4 Å². The zero-order valence-corrected chi connectivity index (χ0v) is 24.8. The molecule has 0 saturated heterocycles. The molecule has 1 amide bonds. The molecule has 0 spiro atoms. The number of ether oxygens (including phenoxy) is 1. The van der Waals surface area contributed by atoms with Crippen molar-refractivity contribution in [3.63, 3.8) is 0 Å². The standard InChI is InChI=1S/C25H28BrN9O4S/c1-34(2)14-21(36)30-15-6-9-20(39-4)19(12-15)32-25-29-13-16(26)24(33-25)31-18-8-7-17-22(28-11-10-27-17)23(18)35(3)40(5,37)38/h6-13H,14H2,1-5H3,(H,30,36)(H2,29,31,32,33). The first kappa shape index (κ1) is 28.9. The van der Waals surface area contributed by atoms with E-state index in [0.717, 1.165) is 10.6 Å². The summed E-state index contributed by atoms with van der Waals surface area (Å²) in [6, 6.07) is 8.61. The van der Waals surface area contributed by atoms with Gasteiger partial charge in [0.15, 0.2) is 0 Å². The molecule has 4 rings (SSSR count). The van der Waals surface area contributed by atoms with Crippen molar-refractivity contribution in [2.45, 2.75) is 0 Å². The minimum atomic E-state index is -3.63. The summed E-state index contributed by atoms with van der Waals surface area (Å²) in [5.41, 5.74) is 2.78. The van der Waals surface area contributed by atoms with Gasteiger partial charge in [-0.25, -0.2) is 13.4 Å². The quantitative estimate of drug-likeness (QED) is 0.236. The number of aromatic nitrogens is 4. The highest BCUT2D eigenvalue weighted by Gasteiger charge is 2.21. The molecule has 0 aliphatic rings. The number of fused-ring (bicyclic) bond motifs is 1. The van der Waals surface area contributed by atoms with Crippen molar-refractivity contribution in [3.05, 3.63) is 53.4 Å². The third kappa shape index (κ3) is 6.73. The Morgan fingerprint density at radius 2 is 1.77 bits per heavy atom. The second-order valence-corrected chi connectivity index (χ2v) is 11.8. The lowest BCUT2D eigenvalue weighted by Gasteiger charge is -2.22. The number of nitrogens with one attached hydrogen (secondary N) is 3. The van der Waals surface area contributed by atoms with E-state index >= 15 is 0 Å². The van der Waals surface area contributed by atoms with Gasteiger partial charge in [-0.2, -0.15) is 4.98 Å². The normalized spacial score (nSPS) is 11.4. The first-order chi connectivity index (χ1) is 19.0. The molecule has 2 heterocycles. The Morgan fingerprint density at radius 3 is 2.48 bits per heavy atom.